The van der Waals surface area contributed by atoms with Gasteiger partial charge in [-0.05, 0) is 44.2 Å². The molecule has 6 nitrogen and oxygen atoms in total. The van der Waals surface area contributed by atoms with Crippen LogP contribution in [-0.4, -0.2) is 43.2 Å². The molecular formula is C21H29N3O3S. The van der Waals surface area contributed by atoms with E-state index in [0.717, 1.165) is 37.7 Å². The van der Waals surface area contributed by atoms with Crippen LogP contribution in [0.1, 0.15) is 53.0 Å². The third-order valence-electron chi connectivity index (χ3n) is 5.30. The summed E-state index contributed by atoms with van der Waals surface area (Å²) < 4.78 is 28.0. The fourth-order valence-corrected chi connectivity index (χ4v) is 5.74. The molecule has 2 aromatic rings. The summed E-state index contributed by atoms with van der Waals surface area (Å²) >= 11 is 0. The van der Waals surface area contributed by atoms with Crippen LogP contribution in [0.5, 0.6) is 0 Å². The van der Waals surface area contributed by atoms with Crippen molar-refractivity contribution in [2.45, 2.75) is 50.8 Å². The van der Waals surface area contributed by atoms with Crippen LogP contribution in [0.25, 0.3) is 0 Å². The molecule has 1 aliphatic rings. The highest BCUT2D eigenvalue weighted by atomic mass is 32.2. The lowest BCUT2D eigenvalue weighted by Gasteiger charge is -2.20. The lowest BCUT2D eigenvalue weighted by Crippen LogP contribution is -2.32. The Kier molecular flexibility index (Phi) is 6.57. The molecule has 0 radical (unpaired) electrons. The van der Waals surface area contributed by atoms with E-state index in [9.17, 15) is 13.2 Å². The zero-order valence-corrected chi connectivity index (χ0v) is 17.4. The third-order valence-corrected chi connectivity index (χ3v) is 7.47. The Balaban J connectivity index is 1.74. The Hall–Kier alpha value is -2.12. The van der Waals surface area contributed by atoms with Gasteiger partial charge in [-0.1, -0.05) is 43.2 Å². The molecule has 1 saturated heterocycles. The highest BCUT2D eigenvalue weighted by molar-refractivity contribution is 7.89. The Morgan fingerprint density at radius 2 is 1.71 bits per heavy atom. The second-order valence-corrected chi connectivity index (χ2v) is 9.26. The summed E-state index contributed by atoms with van der Waals surface area (Å²) in [6.07, 6.45) is 4.62. The molecule has 1 aromatic heterocycles. The van der Waals surface area contributed by atoms with Gasteiger partial charge in [0.15, 0.2) is 0 Å². The number of aromatic nitrogens is 1. The maximum atomic E-state index is 13.2. The van der Waals surface area contributed by atoms with Crippen LogP contribution in [0.2, 0.25) is 0 Å². The largest absolute Gasteiger partial charge is 0.353 e. The van der Waals surface area contributed by atoms with Crippen molar-refractivity contribution < 1.29 is 13.2 Å². The number of carbonyl (C=O) groups excluding carboxylic acids is 1. The lowest BCUT2D eigenvalue weighted by molar-refractivity contribution is 0.0949. The molecule has 2 heterocycles. The number of carbonyl (C=O) groups is 1. The van der Waals surface area contributed by atoms with E-state index in [1.54, 1.807) is 18.2 Å². The van der Waals surface area contributed by atoms with Gasteiger partial charge in [0.2, 0.25) is 10.0 Å². The molecule has 1 amide bonds. The molecule has 3 rings (SSSR count). The monoisotopic (exact) mass is 403 g/mol. The number of nitrogens with one attached hydrogen (secondary N) is 2. The van der Waals surface area contributed by atoms with Crippen molar-refractivity contribution in [2.24, 2.45) is 0 Å². The number of sulfonamides is 1. The topological polar surface area (TPSA) is 82.3 Å². The number of H-pyrrole nitrogens is 1. The molecular weight excluding hydrogens is 374 g/mol. The fraction of sp³-hybridized carbons (Fsp3) is 0.476. The number of benzene rings is 1. The third kappa shape index (κ3) is 4.47. The van der Waals surface area contributed by atoms with Gasteiger partial charge in [0.05, 0.1) is 0 Å². The van der Waals surface area contributed by atoms with E-state index in [2.05, 4.69) is 10.3 Å². The average Bonchev–Trinajstić information content (AvgIpc) is 2.85. The Morgan fingerprint density at radius 3 is 2.36 bits per heavy atom. The number of nitrogens with zero attached hydrogens (tertiary/aromatic N) is 1. The van der Waals surface area contributed by atoms with Crippen LogP contribution in [-0.2, 0) is 16.4 Å². The molecule has 0 aliphatic carbocycles. The van der Waals surface area contributed by atoms with Gasteiger partial charge in [-0.3, -0.25) is 4.79 Å². The van der Waals surface area contributed by atoms with Crippen molar-refractivity contribution in [3.05, 3.63) is 52.8 Å². The van der Waals surface area contributed by atoms with Crippen molar-refractivity contribution >= 4 is 15.9 Å². The van der Waals surface area contributed by atoms with Gasteiger partial charge < -0.3 is 10.3 Å². The van der Waals surface area contributed by atoms with Crippen molar-refractivity contribution in [2.75, 3.05) is 19.6 Å². The zero-order chi connectivity index (χ0) is 20.1. The van der Waals surface area contributed by atoms with Crippen molar-refractivity contribution in [3.8, 4) is 0 Å². The first-order chi connectivity index (χ1) is 13.4. The minimum atomic E-state index is -3.60. The van der Waals surface area contributed by atoms with Gasteiger partial charge in [-0.15, -0.1) is 0 Å². The van der Waals surface area contributed by atoms with Crippen molar-refractivity contribution in [1.29, 1.82) is 0 Å². The maximum Gasteiger partial charge on any atom is 0.268 e. The van der Waals surface area contributed by atoms with Gasteiger partial charge in [-0.2, -0.15) is 4.31 Å². The molecule has 2 N–H and O–H groups in total. The molecule has 0 unspecified atom stereocenters. The predicted octanol–water partition coefficient (Wildman–Crippen LogP) is 3.17. The molecule has 1 fully saturated rings. The average molecular weight is 404 g/mol. The first-order valence-electron chi connectivity index (χ1n) is 9.92. The van der Waals surface area contributed by atoms with Gasteiger partial charge >= 0.3 is 0 Å². The number of hydrogen-bond acceptors (Lipinski definition) is 3. The fourth-order valence-electron chi connectivity index (χ4n) is 3.81. The van der Waals surface area contributed by atoms with E-state index in [1.165, 1.54) is 0 Å². The van der Waals surface area contributed by atoms with Crippen LogP contribution in [0.4, 0.5) is 0 Å². The SMILES string of the molecule is Cc1[nH]c(C(=O)NCCc2ccccc2)c(C)c1S(=O)(=O)N1CCCCCC1. The summed E-state index contributed by atoms with van der Waals surface area (Å²) in [6.45, 7) is 5.02. The Morgan fingerprint density at radius 1 is 1.07 bits per heavy atom. The van der Waals surface area contributed by atoms with E-state index >= 15 is 0 Å². The molecule has 7 heteroatoms. The predicted molar refractivity (Wildman–Crippen MR) is 110 cm³/mol. The number of hydrogen-bond donors (Lipinski definition) is 2. The molecule has 152 valence electrons. The molecule has 0 bridgehead atoms. The van der Waals surface area contributed by atoms with Crippen LogP contribution >= 0.6 is 0 Å². The number of aromatic amines is 1. The van der Waals surface area contributed by atoms with E-state index in [-0.39, 0.29) is 10.8 Å². The maximum absolute atomic E-state index is 13.2. The second-order valence-electron chi connectivity index (χ2n) is 7.39. The lowest BCUT2D eigenvalue weighted by atomic mass is 10.1. The Bertz CT molecular complexity index is 912. The number of rotatable bonds is 6. The van der Waals surface area contributed by atoms with Gasteiger partial charge in [0, 0.05) is 25.3 Å². The van der Waals surface area contributed by atoms with Crippen molar-refractivity contribution in [1.82, 2.24) is 14.6 Å². The second kappa shape index (κ2) is 8.92. The van der Waals surface area contributed by atoms with Crippen LogP contribution < -0.4 is 5.32 Å². The summed E-state index contributed by atoms with van der Waals surface area (Å²) in [5.74, 6) is -0.270. The zero-order valence-electron chi connectivity index (χ0n) is 16.6. The van der Waals surface area contributed by atoms with E-state index in [4.69, 9.17) is 0 Å². The van der Waals surface area contributed by atoms with E-state index in [1.807, 2.05) is 30.3 Å². The summed E-state index contributed by atoms with van der Waals surface area (Å²) in [4.78, 5) is 15.9. The first kappa shape index (κ1) is 20.6. The molecule has 0 atom stereocenters. The van der Waals surface area contributed by atoms with Crippen LogP contribution in [0.15, 0.2) is 35.2 Å². The molecule has 0 saturated carbocycles. The summed E-state index contributed by atoms with van der Waals surface area (Å²) in [6, 6.07) is 9.93. The molecule has 1 aromatic carbocycles. The quantitative estimate of drug-likeness (QED) is 0.777. The number of amides is 1. The van der Waals surface area contributed by atoms with Crippen LogP contribution in [0, 0.1) is 13.8 Å². The van der Waals surface area contributed by atoms with Crippen molar-refractivity contribution in [3.63, 3.8) is 0 Å². The van der Waals surface area contributed by atoms with Gasteiger partial charge in [-0.25, -0.2) is 8.42 Å². The van der Waals surface area contributed by atoms with E-state index in [0.29, 0.717) is 36.6 Å². The van der Waals surface area contributed by atoms with Gasteiger partial charge in [0.1, 0.15) is 10.6 Å². The normalized spacial score (nSPS) is 15.9. The molecule has 28 heavy (non-hydrogen) atoms. The Labute approximate surface area is 167 Å². The summed E-state index contributed by atoms with van der Waals surface area (Å²) in [5, 5.41) is 2.89. The minimum absolute atomic E-state index is 0.252. The highest BCUT2D eigenvalue weighted by Gasteiger charge is 2.31. The molecule has 1 aliphatic heterocycles. The van der Waals surface area contributed by atoms with Gasteiger partial charge in [0.25, 0.3) is 5.91 Å². The minimum Gasteiger partial charge on any atom is -0.353 e. The smallest absolute Gasteiger partial charge is 0.268 e. The molecule has 0 spiro atoms. The van der Waals surface area contributed by atoms with Crippen LogP contribution in [0.3, 0.4) is 0 Å². The standard InChI is InChI=1S/C21H29N3O3S/c1-16-19(21(25)22-13-12-18-10-6-5-7-11-18)23-17(2)20(16)28(26,27)24-14-8-3-4-9-15-24/h5-7,10-11,23H,3-4,8-9,12-15H2,1-2H3,(H,22,25). The number of aryl methyl sites for hydroxylation is 1. The van der Waals surface area contributed by atoms with E-state index < -0.39 is 10.0 Å². The summed E-state index contributed by atoms with van der Waals surface area (Å²) in [7, 11) is -3.60. The first-order valence-corrected chi connectivity index (χ1v) is 11.4. The highest BCUT2D eigenvalue weighted by Crippen LogP contribution is 2.28. The summed E-state index contributed by atoms with van der Waals surface area (Å²) in [5.41, 5.74) is 2.50.